The van der Waals surface area contributed by atoms with Gasteiger partial charge in [-0.15, -0.1) is 0 Å². The Morgan fingerprint density at radius 3 is 3.27 bits per heavy atom. The van der Waals surface area contributed by atoms with Crippen LogP contribution >= 0.6 is 0 Å². The summed E-state index contributed by atoms with van der Waals surface area (Å²) in [6, 6.07) is 3.53. The van der Waals surface area contributed by atoms with Crippen LogP contribution in [0.1, 0.15) is 5.56 Å². The molecule has 0 radical (unpaired) electrons. The number of nitrogens with two attached hydrogens (primary N) is 1. The second-order valence-corrected chi connectivity index (χ2v) is 3.45. The summed E-state index contributed by atoms with van der Waals surface area (Å²) in [6.07, 6.45) is 0.829. The van der Waals surface area contributed by atoms with E-state index < -0.39 is 0 Å². The smallest absolute Gasteiger partial charge is 0.212 e. The van der Waals surface area contributed by atoms with Gasteiger partial charge in [0.1, 0.15) is 5.75 Å². The Balaban J connectivity index is 2.18. The first-order chi connectivity index (χ1) is 7.24. The zero-order valence-corrected chi connectivity index (χ0v) is 7.86. The van der Waals surface area contributed by atoms with Gasteiger partial charge in [-0.25, -0.2) is 4.99 Å². The van der Waals surface area contributed by atoms with Crippen molar-refractivity contribution in [1.29, 1.82) is 0 Å². The summed E-state index contributed by atoms with van der Waals surface area (Å²) < 4.78 is 5.38. The molecule has 1 aromatic rings. The lowest BCUT2D eigenvalue weighted by Gasteiger charge is -2.35. The third kappa shape index (κ3) is 1.18. The summed E-state index contributed by atoms with van der Waals surface area (Å²) in [6.45, 7) is 0.656. The second kappa shape index (κ2) is 2.77. The molecule has 78 valence electrons. The number of hydrazine groups is 1. The van der Waals surface area contributed by atoms with Crippen molar-refractivity contribution in [3.63, 3.8) is 0 Å². The molecule has 2 aliphatic rings. The molecule has 0 saturated heterocycles. The summed E-state index contributed by atoms with van der Waals surface area (Å²) >= 11 is 0. The highest BCUT2D eigenvalue weighted by molar-refractivity contribution is 5.90. The lowest BCUT2D eigenvalue weighted by atomic mass is 10.1. The number of guanidine groups is 1. The number of aliphatic imine (C=N–C) groups is 1. The molecule has 0 fully saturated rings. The SMILES string of the molecule is NC1=Nc2cc3c(cc2N([O-])N1)CCO3. The number of rotatable bonds is 0. The minimum absolute atomic E-state index is 0.0930. The molecule has 0 unspecified atom stereocenters. The van der Waals surface area contributed by atoms with Crippen LogP contribution in [0, 0.1) is 5.21 Å². The van der Waals surface area contributed by atoms with Crippen LogP contribution in [0.25, 0.3) is 0 Å². The van der Waals surface area contributed by atoms with E-state index in [9.17, 15) is 5.21 Å². The number of anilines is 1. The number of hydrogen-bond acceptors (Lipinski definition) is 6. The predicted molar refractivity (Wildman–Crippen MR) is 55.9 cm³/mol. The van der Waals surface area contributed by atoms with E-state index in [1.54, 1.807) is 12.1 Å². The Kier molecular flexibility index (Phi) is 1.54. The van der Waals surface area contributed by atoms with Gasteiger partial charge in [0, 0.05) is 12.5 Å². The van der Waals surface area contributed by atoms with E-state index in [2.05, 4.69) is 10.4 Å². The van der Waals surface area contributed by atoms with E-state index >= 15 is 0 Å². The molecule has 0 spiro atoms. The number of nitrogens with zero attached hydrogens (tertiary/aromatic N) is 2. The summed E-state index contributed by atoms with van der Waals surface area (Å²) in [5.41, 5.74) is 9.89. The summed E-state index contributed by atoms with van der Waals surface area (Å²) in [7, 11) is 0. The van der Waals surface area contributed by atoms with Gasteiger partial charge in [-0.05, 0) is 11.6 Å². The highest BCUT2D eigenvalue weighted by Gasteiger charge is 2.19. The summed E-state index contributed by atoms with van der Waals surface area (Å²) in [4.78, 5) is 4.04. The van der Waals surface area contributed by atoms with Crippen LogP contribution in [0.4, 0.5) is 11.4 Å². The normalized spacial score (nSPS) is 17.4. The Hall–Kier alpha value is -1.95. The summed E-state index contributed by atoms with van der Waals surface area (Å²) in [5.74, 6) is 0.885. The number of fused-ring (bicyclic) bond motifs is 2. The molecule has 0 atom stereocenters. The molecule has 2 heterocycles. The molecule has 0 saturated carbocycles. The average molecular weight is 205 g/mol. The van der Waals surface area contributed by atoms with Gasteiger partial charge in [-0.2, -0.15) is 0 Å². The van der Waals surface area contributed by atoms with Crippen LogP contribution in [0.2, 0.25) is 0 Å². The Morgan fingerprint density at radius 2 is 2.40 bits per heavy atom. The third-order valence-electron chi connectivity index (χ3n) is 2.46. The monoisotopic (exact) mass is 205 g/mol. The molecule has 6 nitrogen and oxygen atoms in total. The number of benzene rings is 1. The van der Waals surface area contributed by atoms with Crippen molar-refractivity contribution in [3.05, 3.63) is 22.9 Å². The van der Waals surface area contributed by atoms with E-state index in [4.69, 9.17) is 10.5 Å². The largest absolute Gasteiger partial charge is 0.739 e. The van der Waals surface area contributed by atoms with Crippen LogP contribution < -0.4 is 21.1 Å². The maximum atomic E-state index is 11.5. The Bertz CT molecular complexity index is 458. The van der Waals surface area contributed by atoms with Gasteiger partial charge in [0.2, 0.25) is 5.96 Å². The number of nitrogens with one attached hydrogen (secondary N) is 1. The highest BCUT2D eigenvalue weighted by Crippen LogP contribution is 2.38. The first-order valence-electron chi connectivity index (χ1n) is 4.62. The molecule has 3 N–H and O–H groups in total. The van der Waals surface area contributed by atoms with Crippen LogP contribution in [0.15, 0.2) is 17.1 Å². The van der Waals surface area contributed by atoms with E-state index in [-0.39, 0.29) is 5.96 Å². The van der Waals surface area contributed by atoms with E-state index in [1.165, 1.54) is 0 Å². The topological polar surface area (TPSA) is 85.9 Å². The molecule has 1 aromatic carbocycles. The molecule has 0 bridgehead atoms. The van der Waals surface area contributed by atoms with E-state index in [1.807, 2.05) is 0 Å². The molecular weight excluding hydrogens is 196 g/mol. The average Bonchev–Trinajstić information content (AvgIpc) is 2.61. The fourth-order valence-electron chi connectivity index (χ4n) is 1.77. The lowest BCUT2D eigenvalue weighted by molar-refractivity contribution is 0.357. The molecule has 2 aliphatic heterocycles. The molecular formula is C9H9N4O2-. The predicted octanol–water partition coefficient (Wildman–Crippen LogP) is 0.390. The van der Waals surface area contributed by atoms with E-state index in [0.29, 0.717) is 23.2 Å². The highest BCUT2D eigenvalue weighted by atomic mass is 16.5. The number of hydrogen-bond donors (Lipinski definition) is 2. The standard InChI is InChI=1S/C9H9N4O2/c10-9-11-6-4-8-5(1-2-15-8)3-7(6)13(14)12-9/h3-4H,1-2H2,(H3,10,11,12)/q-1. The van der Waals surface area contributed by atoms with Crippen LogP contribution in [0.5, 0.6) is 5.75 Å². The van der Waals surface area contributed by atoms with Gasteiger partial charge < -0.3 is 20.9 Å². The van der Waals surface area contributed by atoms with Gasteiger partial charge >= 0.3 is 0 Å². The van der Waals surface area contributed by atoms with Crippen molar-refractivity contribution in [3.8, 4) is 5.75 Å². The first-order valence-corrected chi connectivity index (χ1v) is 4.62. The minimum atomic E-state index is 0.0930. The zero-order chi connectivity index (χ0) is 10.4. The van der Waals surface area contributed by atoms with Crippen molar-refractivity contribution in [2.75, 3.05) is 11.8 Å². The fraction of sp³-hybridized carbons (Fsp3) is 0.222. The van der Waals surface area contributed by atoms with Gasteiger partial charge in [0.25, 0.3) is 0 Å². The minimum Gasteiger partial charge on any atom is -0.739 e. The van der Waals surface area contributed by atoms with Crippen molar-refractivity contribution in [2.24, 2.45) is 10.7 Å². The molecule has 0 aliphatic carbocycles. The van der Waals surface area contributed by atoms with Crippen molar-refractivity contribution in [1.82, 2.24) is 5.43 Å². The van der Waals surface area contributed by atoms with Crippen molar-refractivity contribution < 1.29 is 4.74 Å². The van der Waals surface area contributed by atoms with Crippen LogP contribution in [-0.4, -0.2) is 12.6 Å². The zero-order valence-electron chi connectivity index (χ0n) is 7.86. The quantitative estimate of drug-likeness (QED) is 0.639. The fourth-order valence-corrected chi connectivity index (χ4v) is 1.77. The summed E-state index contributed by atoms with van der Waals surface area (Å²) in [5, 5.41) is 12.1. The molecule has 3 rings (SSSR count). The molecule has 6 heteroatoms. The van der Waals surface area contributed by atoms with Gasteiger partial charge in [0.05, 0.1) is 18.0 Å². The van der Waals surface area contributed by atoms with Crippen LogP contribution in [0.3, 0.4) is 0 Å². The first kappa shape index (κ1) is 8.37. The van der Waals surface area contributed by atoms with Gasteiger partial charge in [0.15, 0.2) is 0 Å². The number of ether oxygens (including phenoxy) is 1. The molecule has 0 amide bonds. The maximum Gasteiger partial charge on any atom is 0.212 e. The van der Waals surface area contributed by atoms with Crippen LogP contribution in [-0.2, 0) is 6.42 Å². The Morgan fingerprint density at radius 1 is 1.53 bits per heavy atom. The maximum absolute atomic E-state index is 11.5. The van der Waals surface area contributed by atoms with Gasteiger partial charge in [-0.3, -0.25) is 5.43 Å². The Labute approximate surface area is 85.9 Å². The third-order valence-corrected chi connectivity index (χ3v) is 2.46. The second-order valence-electron chi connectivity index (χ2n) is 3.45. The lowest BCUT2D eigenvalue weighted by Crippen LogP contribution is -2.44. The van der Waals surface area contributed by atoms with Crippen molar-refractivity contribution in [2.45, 2.75) is 6.42 Å². The van der Waals surface area contributed by atoms with Gasteiger partial charge in [-0.1, -0.05) is 0 Å². The van der Waals surface area contributed by atoms with E-state index in [0.717, 1.165) is 17.7 Å². The molecule has 15 heavy (non-hydrogen) atoms. The molecule has 0 aromatic heterocycles. The van der Waals surface area contributed by atoms with Crippen molar-refractivity contribution >= 4 is 17.3 Å².